The fraction of sp³-hybridized carbons (Fsp3) is 0.188. The molecule has 21 heavy (non-hydrogen) atoms. The molecule has 2 rings (SSSR count). The van der Waals surface area contributed by atoms with Crippen molar-refractivity contribution in [2.45, 2.75) is 13.8 Å². The first-order chi connectivity index (χ1) is 10.1. The molecule has 5 heteroatoms. The van der Waals surface area contributed by atoms with Crippen LogP contribution in [0.3, 0.4) is 0 Å². The molecule has 0 bridgehead atoms. The van der Waals surface area contributed by atoms with E-state index in [0.717, 1.165) is 17.2 Å². The van der Waals surface area contributed by atoms with Gasteiger partial charge in [0.15, 0.2) is 5.78 Å². The van der Waals surface area contributed by atoms with Gasteiger partial charge in [-0.25, -0.2) is 4.98 Å². The third-order valence-corrected chi connectivity index (χ3v) is 2.81. The van der Waals surface area contributed by atoms with Crippen LogP contribution in [0.5, 0.6) is 0 Å². The second-order valence-corrected chi connectivity index (χ2v) is 4.65. The molecule has 1 aromatic carbocycles. The Morgan fingerprint density at radius 3 is 2.86 bits per heavy atom. The summed E-state index contributed by atoms with van der Waals surface area (Å²) >= 11 is 0. The minimum absolute atomic E-state index is 0.0251. The van der Waals surface area contributed by atoms with Gasteiger partial charge in [0.05, 0.1) is 0 Å². The summed E-state index contributed by atoms with van der Waals surface area (Å²) in [4.78, 5) is 20.1. The fourth-order valence-electron chi connectivity index (χ4n) is 1.84. The van der Waals surface area contributed by atoms with Gasteiger partial charge in [-0.2, -0.15) is 4.98 Å². The molecule has 2 N–H and O–H groups in total. The SMILES string of the molecule is C=CCNc1cc(C)nc(Nc2cccc(C(C)=O)c2)n1. The second kappa shape index (κ2) is 6.65. The number of nitrogens with one attached hydrogen (secondary N) is 2. The van der Waals surface area contributed by atoms with E-state index in [-0.39, 0.29) is 5.78 Å². The summed E-state index contributed by atoms with van der Waals surface area (Å²) in [6.07, 6.45) is 1.76. The molecular weight excluding hydrogens is 264 g/mol. The summed E-state index contributed by atoms with van der Waals surface area (Å²) in [5.41, 5.74) is 2.28. The Morgan fingerprint density at radius 2 is 2.14 bits per heavy atom. The fourth-order valence-corrected chi connectivity index (χ4v) is 1.84. The molecule has 0 saturated carbocycles. The normalized spacial score (nSPS) is 10.0. The maximum atomic E-state index is 11.4. The Bertz CT molecular complexity index is 667. The van der Waals surface area contributed by atoms with Crippen molar-refractivity contribution in [1.29, 1.82) is 0 Å². The predicted molar refractivity (Wildman–Crippen MR) is 85.2 cm³/mol. The number of benzene rings is 1. The van der Waals surface area contributed by atoms with Gasteiger partial charge in [-0.05, 0) is 26.0 Å². The smallest absolute Gasteiger partial charge is 0.229 e. The molecule has 0 aliphatic carbocycles. The largest absolute Gasteiger partial charge is 0.366 e. The number of hydrogen-bond acceptors (Lipinski definition) is 5. The van der Waals surface area contributed by atoms with Gasteiger partial charge >= 0.3 is 0 Å². The third-order valence-electron chi connectivity index (χ3n) is 2.81. The van der Waals surface area contributed by atoms with Crippen molar-refractivity contribution >= 4 is 23.2 Å². The van der Waals surface area contributed by atoms with E-state index in [0.29, 0.717) is 18.1 Å². The molecule has 0 aliphatic heterocycles. The lowest BCUT2D eigenvalue weighted by Crippen LogP contribution is -2.05. The lowest BCUT2D eigenvalue weighted by Gasteiger charge is -2.09. The van der Waals surface area contributed by atoms with Crippen LogP contribution in [0.4, 0.5) is 17.5 Å². The van der Waals surface area contributed by atoms with Crippen LogP contribution < -0.4 is 10.6 Å². The number of Topliss-reactive ketones (excluding diaryl/α,β-unsaturated/α-hetero) is 1. The van der Waals surface area contributed by atoms with Gasteiger partial charge in [0.2, 0.25) is 5.95 Å². The molecular formula is C16H18N4O. The van der Waals surface area contributed by atoms with Crippen molar-refractivity contribution in [2.75, 3.05) is 17.2 Å². The standard InChI is InChI=1S/C16H18N4O/c1-4-8-17-15-9-11(2)18-16(20-15)19-14-7-5-6-13(10-14)12(3)21/h4-7,9-10H,1,8H2,2-3H3,(H2,17,18,19,20). The zero-order chi connectivity index (χ0) is 15.2. The average molecular weight is 282 g/mol. The highest BCUT2D eigenvalue weighted by Gasteiger charge is 2.04. The van der Waals surface area contributed by atoms with Gasteiger partial charge in [0, 0.05) is 29.6 Å². The third kappa shape index (κ3) is 4.14. The van der Waals surface area contributed by atoms with E-state index in [9.17, 15) is 4.79 Å². The Kier molecular flexibility index (Phi) is 4.66. The van der Waals surface area contributed by atoms with Gasteiger partial charge in [-0.1, -0.05) is 18.2 Å². The minimum atomic E-state index is 0.0251. The number of aromatic nitrogens is 2. The molecule has 0 unspecified atom stereocenters. The van der Waals surface area contributed by atoms with E-state index in [2.05, 4.69) is 27.2 Å². The molecule has 0 atom stereocenters. The zero-order valence-corrected chi connectivity index (χ0v) is 12.2. The van der Waals surface area contributed by atoms with Gasteiger partial charge in [0.1, 0.15) is 5.82 Å². The molecule has 0 saturated heterocycles. The summed E-state index contributed by atoms with van der Waals surface area (Å²) in [6, 6.07) is 9.12. The number of carbonyl (C=O) groups excluding carboxylic acids is 1. The molecule has 0 fully saturated rings. The molecule has 0 aliphatic rings. The maximum Gasteiger partial charge on any atom is 0.229 e. The Morgan fingerprint density at radius 1 is 1.33 bits per heavy atom. The van der Waals surface area contributed by atoms with Crippen LogP contribution in [-0.4, -0.2) is 22.3 Å². The average Bonchev–Trinajstić information content (AvgIpc) is 2.45. The van der Waals surface area contributed by atoms with Crippen LogP contribution in [-0.2, 0) is 0 Å². The van der Waals surface area contributed by atoms with Crippen LogP contribution in [0.15, 0.2) is 43.0 Å². The van der Waals surface area contributed by atoms with E-state index in [4.69, 9.17) is 0 Å². The van der Waals surface area contributed by atoms with Crippen LogP contribution in [0.2, 0.25) is 0 Å². The van der Waals surface area contributed by atoms with Crippen LogP contribution in [0.25, 0.3) is 0 Å². The van der Waals surface area contributed by atoms with Gasteiger partial charge < -0.3 is 10.6 Å². The molecule has 5 nitrogen and oxygen atoms in total. The van der Waals surface area contributed by atoms with Crippen LogP contribution >= 0.6 is 0 Å². The first kappa shape index (κ1) is 14.7. The number of anilines is 3. The van der Waals surface area contributed by atoms with Crippen LogP contribution in [0.1, 0.15) is 23.0 Å². The number of carbonyl (C=O) groups is 1. The first-order valence-electron chi connectivity index (χ1n) is 6.67. The van der Waals surface area contributed by atoms with Crippen molar-refractivity contribution in [3.8, 4) is 0 Å². The van der Waals surface area contributed by atoms with E-state index in [1.165, 1.54) is 0 Å². The summed E-state index contributed by atoms with van der Waals surface area (Å²) < 4.78 is 0. The van der Waals surface area contributed by atoms with E-state index < -0.39 is 0 Å². The predicted octanol–water partition coefficient (Wildman–Crippen LogP) is 3.33. The number of ketones is 1. The monoisotopic (exact) mass is 282 g/mol. The highest BCUT2D eigenvalue weighted by atomic mass is 16.1. The Labute approximate surface area is 124 Å². The first-order valence-corrected chi connectivity index (χ1v) is 6.67. The number of nitrogens with zero attached hydrogens (tertiary/aromatic N) is 2. The molecule has 2 aromatic rings. The molecule has 108 valence electrons. The summed E-state index contributed by atoms with van der Waals surface area (Å²) in [7, 11) is 0. The molecule has 0 amide bonds. The van der Waals surface area contributed by atoms with Crippen molar-refractivity contribution in [3.05, 3.63) is 54.2 Å². The molecule has 1 aromatic heterocycles. The van der Waals surface area contributed by atoms with E-state index in [1.54, 1.807) is 25.1 Å². The maximum absolute atomic E-state index is 11.4. The highest BCUT2D eigenvalue weighted by Crippen LogP contribution is 2.17. The summed E-state index contributed by atoms with van der Waals surface area (Å²) in [5, 5.41) is 6.24. The number of hydrogen-bond donors (Lipinski definition) is 2. The molecule has 0 radical (unpaired) electrons. The number of rotatable bonds is 6. The molecule has 1 heterocycles. The lowest BCUT2D eigenvalue weighted by molar-refractivity contribution is 0.101. The molecule has 0 spiro atoms. The quantitative estimate of drug-likeness (QED) is 0.628. The summed E-state index contributed by atoms with van der Waals surface area (Å²) in [6.45, 7) is 7.74. The van der Waals surface area contributed by atoms with Gasteiger partial charge in [-0.3, -0.25) is 4.79 Å². The number of aryl methyl sites for hydroxylation is 1. The van der Waals surface area contributed by atoms with Crippen molar-refractivity contribution in [3.63, 3.8) is 0 Å². The Balaban J connectivity index is 2.22. The van der Waals surface area contributed by atoms with E-state index in [1.807, 2.05) is 25.1 Å². The zero-order valence-electron chi connectivity index (χ0n) is 12.2. The lowest BCUT2D eigenvalue weighted by atomic mass is 10.1. The topological polar surface area (TPSA) is 66.9 Å². The van der Waals surface area contributed by atoms with Gasteiger partial charge in [0.25, 0.3) is 0 Å². The second-order valence-electron chi connectivity index (χ2n) is 4.65. The van der Waals surface area contributed by atoms with Crippen molar-refractivity contribution in [2.24, 2.45) is 0 Å². The van der Waals surface area contributed by atoms with Gasteiger partial charge in [-0.15, -0.1) is 6.58 Å². The van der Waals surface area contributed by atoms with Crippen molar-refractivity contribution < 1.29 is 4.79 Å². The van der Waals surface area contributed by atoms with E-state index >= 15 is 0 Å². The van der Waals surface area contributed by atoms with Crippen LogP contribution in [0, 0.1) is 6.92 Å². The minimum Gasteiger partial charge on any atom is -0.366 e. The highest BCUT2D eigenvalue weighted by molar-refractivity contribution is 5.95. The Hall–Kier alpha value is -2.69. The van der Waals surface area contributed by atoms with Crippen molar-refractivity contribution in [1.82, 2.24) is 9.97 Å². The summed E-state index contributed by atoms with van der Waals surface area (Å²) in [5.74, 6) is 1.24.